The van der Waals surface area contributed by atoms with Gasteiger partial charge in [0.15, 0.2) is 0 Å². The largest absolute Gasteiger partial charge is 0.438 e. The second-order valence-electron chi connectivity index (χ2n) is 9.26. The zero-order chi connectivity index (χ0) is 27.4. The van der Waals surface area contributed by atoms with E-state index in [-0.39, 0.29) is 28.4 Å². The highest BCUT2D eigenvalue weighted by molar-refractivity contribution is 7.98. The number of nitrogens with zero attached hydrogens (tertiary/aromatic N) is 2. The summed E-state index contributed by atoms with van der Waals surface area (Å²) in [5, 5.41) is 3.68. The number of nitrogens with one attached hydrogen (secondary N) is 2. The van der Waals surface area contributed by atoms with Crippen LogP contribution in [0.3, 0.4) is 0 Å². The molecule has 1 amide bonds. The van der Waals surface area contributed by atoms with Gasteiger partial charge in [0, 0.05) is 28.6 Å². The van der Waals surface area contributed by atoms with E-state index in [1.165, 1.54) is 0 Å². The summed E-state index contributed by atoms with van der Waals surface area (Å²) in [6.07, 6.45) is 6.70. The summed E-state index contributed by atoms with van der Waals surface area (Å²) in [7, 11) is -3.78. The number of amides is 1. The average Bonchev–Trinajstić information content (AvgIpc) is 2.94. The van der Waals surface area contributed by atoms with Gasteiger partial charge in [-0.05, 0) is 68.3 Å². The molecule has 8 nitrogen and oxygen atoms in total. The molecule has 0 atom stereocenters. The second-order valence-corrected chi connectivity index (χ2v) is 11.8. The predicted octanol–water partition coefficient (Wildman–Crippen LogP) is 5.30. The lowest BCUT2D eigenvalue weighted by Crippen LogP contribution is -2.43. The number of thioether (sulfide) groups is 1. The van der Waals surface area contributed by atoms with E-state index < -0.39 is 21.7 Å². The summed E-state index contributed by atoms with van der Waals surface area (Å²) in [6, 6.07) is 16.6. The van der Waals surface area contributed by atoms with Gasteiger partial charge in [0.05, 0.1) is 11.7 Å². The number of hydrogen-bond donors (Lipinski definition) is 2. The standard InChI is InChI=1S/C28H27FN4O4S2/c1-38-23-8-3-7-22(16-23)37-28-24(15-19(29)17-31-28)27(34)32-20-10-12-21(13-11-20)33-39(35,36)25-9-2-5-18-6-4-14-30-26(18)25/h2-9,14-17,20-21,33H,10-13H2,1H3,(H,32,34). The van der Waals surface area contributed by atoms with Gasteiger partial charge in [0.2, 0.25) is 15.9 Å². The van der Waals surface area contributed by atoms with Crippen molar-refractivity contribution in [3.63, 3.8) is 0 Å². The van der Waals surface area contributed by atoms with Crippen molar-refractivity contribution in [1.82, 2.24) is 20.0 Å². The first-order valence-electron chi connectivity index (χ1n) is 12.5. The van der Waals surface area contributed by atoms with Crippen LogP contribution in [0.2, 0.25) is 0 Å². The molecule has 0 spiro atoms. The van der Waals surface area contributed by atoms with Crippen LogP contribution in [0, 0.1) is 5.82 Å². The van der Waals surface area contributed by atoms with E-state index in [9.17, 15) is 17.6 Å². The number of sulfonamides is 1. The van der Waals surface area contributed by atoms with Crippen molar-refractivity contribution in [3.05, 3.63) is 84.4 Å². The maximum Gasteiger partial charge on any atom is 0.257 e. The van der Waals surface area contributed by atoms with Gasteiger partial charge >= 0.3 is 0 Å². The van der Waals surface area contributed by atoms with Gasteiger partial charge in [0.1, 0.15) is 22.0 Å². The molecule has 1 fully saturated rings. The first-order valence-corrected chi connectivity index (χ1v) is 15.2. The van der Waals surface area contributed by atoms with Gasteiger partial charge in [-0.3, -0.25) is 9.78 Å². The van der Waals surface area contributed by atoms with Gasteiger partial charge in [-0.2, -0.15) is 0 Å². The normalized spacial score (nSPS) is 17.6. The minimum atomic E-state index is -3.78. The molecule has 2 aromatic heterocycles. The quantitative estimate of drug-likeness (QED) is 0.279. The molecule has 0 bridgehead atoms. The zero-order valence-corrected chi connectivity index (χ0v) is 22.8. The fraction of sp³-hybridized carbons (Fsp3) is 0.250. The maximum atomic E-state index is 14.0. The third-order valence-electron chi connectivity index (χ3n) is 6.59. The summed E-state index contributed by atoms with van der Waals surface area (Å²) in [5.41, 5.74) is 0.422. The highest BCUT2D eigenvalue weighted by Crippen LogP contribution is 2.28. The van der Waals surface area contributed by atoms with Crippen LogP contribution in [0.4, 0.5) is 4.39 Å². The monoisotopic (exact) mass is 566 g/mol. The van der Waals surface area contributed by atoms with Gasteiger partial charge in [-0.25, -0.2) is 22.5 Å². The highest BCUT2D eigenvalue weighted by Gasteiger charge is 2.28. The molecule has 5 rings (SSSR count). The Balaban J connectivity index is 1.22. The lowest BCUT2D eigenvalue weighted by atomic mass is 9.91. The number of hydrogen-bond acceptors (Lipinski definition) is 7. The second kappa shape index (κ2) is 11.7. The van der Waals surface area contributed by atoms with Crippen LogP contribution in [0.1, 0.15) is 36.0 Å². The molecule has 0 unspecified atom stereocenters. The van der Waals surface area contributed by atoms with Crippen molar-refractivity contribution in [2.45, 2.75) is 47.6 Å². The van der Waals surface area contributed by atoms with E-state index in [4.69, 9.17) is 4.74 Å². The Labute approximate surface area is 230 Å². The lowest BCUT2D eigenvalue weighted by Gasteiger charge is -2.29. The molecule has 1 saturated carbocycles. The summed E-state index contributed by atoms with van der Waals surface area (Å²) in [5.74, 6) is -0.642. The Hall–Kier alpha value is -3.54. The number of carbonyl (C=O) groups is 1. The number of pyridine rings is 2. The summed E-state index contributed by atoms with van der Waals surface area (Å²) in [4.78, 5) is 22.5. The fourth-order valence-corrected chi connectivity index (χ4v) is 6.57. The van der Waals surface area contributed by atoms with Gasteiger partial charge < -0.3 is 10.1 Å². The number of fused-ring (bicyclic) bond motifs is 1. The SMILES string of the molecule is CSc1cccc(Oc2ncc(F)cc2C(=O)NC2CCC(NS(=O)(=O)c3cccc4cccnc34)CC2)c1. The average molecular weight is 567 g/mol. The number of rotatable bonds is 8. The highest BCUT2D eigenvalue weighted by atomic mass is 32.2. The smallest absolute Gasteiger partial charge is 0.257 e. The molecular formula is C28H27FN4O4S2. The molecule has 2 heterocycles. The molecular weight excluding hydrogens is 539 g/mol. The Kier molecular flexibility index (Phi) is 8.10. The molecule has 4 aromatic rings. The van der Waals surface area contributed by atoms with Gasteiger partial charge in [-0.1, -0.05) is 24.3 Å². The van der Waals surface area contributed by atoms with Crippen molar-refractivity contribution < 1.29 is 22.3 Å². The topological polar surface area (TPSA) is 110 Å². The predicted molar refractivity (Wildman–Crippen MR) is 148 cm³/mol. The van der Waals surface area contributed by atoms with Crippen LogP contribution >= 0.6 is 11.8 Å². The van der Waals surface area contributed by atoms with E-state index in [1.807, 2.05) is 36.6 Å². The van der Waals surface area contributed by atoms with Crippen molar-refractivity contribution in [1.29, 1.82) is 0 Å². The number of benzene rings is 2. The minimum Gasteiger partial charge on any atom is -0.438 e. The minimum absolute atomic E-state index is 0.00386. The lowest BCUT2D eigenvalue weighted by molar-refractivity contribution is 0.0921. The van der Waals surface area contributed by atoms with Crippen LogP contribution in [-0.4, -0.2) is 42.6 Å². The number of para-hydroxylation sites is 1. The molecule has 2 aromatic carbocycles. The molecule has 0 aliphatic heterocycles. The van der Waals surface area contributed by atoms with Crippen LogP contribution in [-0.2, 0) is 10.0 Å². The number of ether oxygens (including phenoxy) is 1. The number of carbonyl (C=O) groups excluding carboxylic acids is 1. The molecule has 1 aliphatic rings. The first kappa shape index (κ1) is 27.0. The molecule has 202 valence electrons. The summed E-state index contributed by atoms with van der Waals surface area (Å²) >= 11 is 1.55. The van der Waals surface area contributed by atoms with Crippen molar-refractivity contribution >= 4 is 38.6 Å². The van der Waals surface area contributed by atoms with E-state index in [2.05, 4.69) is 20.0 Å². The molecule has 0 saturated heterocycles. The Morgan fingerprint density at radius 3 is 2.54 bits per heavy atom. The Morgan fingerprint density at radius 1 is 1.00 bits per heavy atom. The summed E-state index contributed by atoms with van der Waals surface area (Å²) in [6.45, 7) is 0. The van der Waals surface area contributed by atoms with Gasteiger partial charge in [-0.15, -0.1) is 11.8 Å². The maximum absolute atomic E-state index is 14.0. The van der Waals surface area contributed by atoms with Crippen molar-refractivity contribution in [2.24, 2.45) is 0 Å². The molecule has 2 N–H and O–H groups in total. The van der Waals surface area contributed by atoms with Crippen LogP contribution in [0.15, 0.2) is 82.8 Å². The molecule has 1 aliphatic carbocycles. The third kappa shape index (κ3) is 6.38. The van der Waals surface area contributed by atoms with E-state index in [0.29, 0.717) is 36.9 Å². The third-order valence-corrected chi connectivity index (χ3v) is 8.86. The number of aromatic nitrogens is 2. The molecule has 11 heteroatoms. The Bertz CT molecular complexity index is 1600. The molecule has 39 heavy (non-hydrogen) atoms. The van der Waals surface area contributed by atoms with Crippen molar-refractivity contribution in [2.75, 3.05) is 6.26 Å². The first-order chi connectivity index (χ1) is 18.8. The van der Waals surface area contributed by atoms with Crippen LogP contribution < -0.4 is 14.8 Å². The summed E-state index contributed by atoms with van der Waals surface area (Å²) < 4.78 is 48.9. The van der Waals surface area contributed by atoms with Crippen LogP contribution in [0.5, 0.6) is 11.6 Å². The van der Waals surface area contributed by atoms with Gasteiger partial charge in [0.25, 0.3) is 5.91 Å². The fourth-order valence-electron chi connectivity index (χ4n) is 4.64. The molecule has 0 radical (unpaired) electrons. The van der Waals surface area contributed by atoms with Crippen LogP contribution in [0.25, 0.3) is 10.9 Å². The van der Waals surface area contributed by atoms with E-state index >= 15 is 0 Å². The number of halogens is 1. The zero-order valence-electron chi connectivity index (χ0n) is 21.1. The van der Waals surface area contributed by atoms with Crippen molar-refractivity contribution in [3.8, 4) is 11.6 Å². The Morgan fingerprint density at radius 2 is 1.74 bits per heavy atom. The van der Waals surface area contributed by atoms with E-state index in [0.717, 1.165) is 22.5 Å². The van der Waals surface area contributed by atoms with E-state index in [1.54, 1.807) is 42.2 Å².